The first-order valence-corrected chi connectivity index (χ1v) is 9.86. The van der Waals surface area contributed by atoms with Crippen LogP contribution in [0.25, 0.3) is 0 Å². The Morgan fingerprint density at radius 3 is 2.45 bits per heavy atom. The van der Waals surface area contributed by atoms with E-state index < -0.39 is 15.0 Å². The first-order chi connectivity index (χ1) is 9.47. The fourth-order valence-corrected chi connectivity index (χ4v) is 5.73. The lowest BCUT2D eigenvalue weighted by Crippen LogP contribution is -2.41. The topological polar surface area (TPSA) is 40.2 Å². The summed E-state index contributed by atoms with van der Waals surface area (Å²) in [5, 5.41) is 0. The first kappa shape index (κ1) is 16.4. The van der Waals surface area contributed by atoms with Gasteiger partial charge in [0.25, 0.3) is 5.97 Å². The highest BCUT2D eigenvalue weighted by molar-refractivity contribution is 6.53. The van der Waals surface area contributed by atoms with Crippen LogP contribution in [0.15, 0.2) is 0 Å². The molecule has 0 aromatic rings. The summed E-state index contributed by atoms with van der Waals surface area (Å²) in [6, 6.07) is 1.20. The minimum absolute atomic E-state index is 0.581. The van der Waals surface area contributed by atoms with Gasteiger partial charge in [0, 0.05) is 21.1 Å². The minimum atomic E-state index is -1.34. The van der Waals surface area contributed by atoms with Gasteiger partial charge in [-0.25, -0.2) is 0 Å². The molecule has 0 spiro atoms. The lowest BCUT2D eigenvalue weighted by atomic mass is 9.88. The van der Waals surface area contributed by atoms with Crippen molar-refractivity contribution in [1.29, 1.82) is 0 Å². The number of epoxide rings is 1. The van der Waals surface area contributed by atoms with E-state index in [9.17, 15) is 0 Å². The Morgan fingerprint density at radius 1 is 1.20 bits per heavy atom. The standard InChI is InChI=1S/C15H30O4Si/c1-11(2)20(19-15(3,16-4)17-5)9-8-12-6-7-13-14(10-12)18-13/h11-14,20H,6-10H2,1-5H3. The van der Waals surface area contributed by atoms with Crippen LogP contribution in [0.2, 0.25) is 11.6 Å². The highest BCUT2D eigenvalue weighted by atomic mass is 28.3. The molecule has 0 amide bonds. The fourth-order valence-electron chi connectivity index (χ4n) is 3.13. The molecule has 1 saturated carbocycles. The smallest absolute Gasteiger partial charge is 0.269 e. The van der Waals surface area contributed by atoms with Gasteiger partial charge in [0.1, 0.15) is 0 Å². The van der Waals surface area contributed by atoms with Crippen molar-refractivity contribution in [3.63, 3.8) is 0 Å². The molecule has 2 rings (SSSR count). The van der Waals surface area contributed by atoms with Crippen molar-refractivity contribution in [2.24, 2.45) is 5.92 Å². The van der Waals surface area contributed by atoms with Crippen LogP contribution in [0.5, 0.6) is 0 Å². The van der Waals surface area contributed by atoms with Gasteiger partial charge in [-0.2, -0.15) is 0 Å². The number of ether oxygens (including phenoxy) is 3. The van der Waals surface area contributed by atoms with Crippen LogP contribution >= 0.6 is 0 Å². The maximum Gasteiger partial charge on any atom is 0.269 e. The molecule has 0 aromatic heterocycles. The molecule has 2 aliphatic rings. The molecule has 5 heteroatoms. The molecular weight excluding hydrogens is 272 g/mol. The van der Waals surface area contributed by atoms with Gasteiger partial charge in [-0.3, -0.25) is 0 Å². The van der Waals surface area contributed by atoms with Crippen molar-refractivity contribution in [1.82, 2.24) is 0 Å². The van der Waals surface area contributed by atoms with E-state index in [0.717, 1.165) is 5.92 Å². The molecule has 0 aromatic carbocycles. The molecule has 20 heavy (non-hydrogen) atoms. The van der Waals surface area contributed by atoms with E-state index in [0.29, 0.717) is 17.7 Å². The molecule has 1 aliphatic heterocycles. The zero-order valence-corrected chi connectivity index (χ0v) is 14.7. The van der Waals surface area contributed by atoms with E-state index >= 15 is 0 Å². The zero-order chi connectivity index (χ0) is 14.8. The van der Waals surface area contributed by atoms with Crippen LogP contribution < -0.4 is 0 Å². The Bertz CT molecular complexity index is 306. The number of methoxy groups -OCH3 is 2. The second-order valence-corrected chi connectivity index (χ2v) is 9.86. The predicted octanol–water partition coefficient (Wildman–Crippen LogP) is 3.06. The summed E-state index contributed by atoms with van der Waals surface area (Å²) in [5.74, 6) is -0.0502. The van der Waals surface area contributed by atoms with E-state index in [1.807, 2.05) is 6.92 Å². The van der Waals surface area contributed by atoms with Gasteiger partial charge < -0.3 is 18.6 Å². The van der Waals surface area contributed by atoms with Crippen LogP contribution in [0.4, 0.5) is 0 Å². The van der Waals surface area contributed by atoms with Gasteiger partial charge in [-0.15, -0.1) is 0 Å². The molecule has 118 valence electrons. The van der Waals surface area contributed by atoms with E-state index in [-0.39, 0.29) is 0 Å². The Labute approximate surface area is 124 Å². The van der Waals surface area contributed by atoms with Crippen molar-refractivity contribution in [2.75, 3.05) is 14.2 Å². The second kappa shape index (κ2) is 6.88. The Balaban J connectivity index is 1.79. The highest BCUT2D eigenvalue weighted by Gasteiger charge is 2.43. The largest absolute Gasteiger partial charge is 0.372 e. The van der Waals surface area contributed by atoms with Crippen molar-refractivity contribution in [3.8, 4) is 0 Å². The highest BCUT2D eigenvalue weighted by Crippen LogP contribution is 2.41. The normalized spacial score (nSPS) is 31.2. The Morgan fingerprint density at radius 2 is 1.90 bits per heavy atom. The summed E-state index contributed by atoms with van der Waals surface area (Å²) in [6.07, 6.45) is 6.30. The molecular formula is C15H30O4Si. The van der Waals surface area contributed by atoms with Gasteiger partial charge in [0.15, 0.2) is 9.04 Å². The molecule has 4 nitrogen and oxygen atoms in total. The summed E-state index contributed by atoms with van der Waals surface area (Å²) >= 11 is 0. The van der Waals surface area contributed by atoms with Gasteiger partial charge in [0.05, 0.1) is 12.2 Å². The predicted molar refractivity (Wildman–Crippen MR) is 81.2 cm³/mol. The van der Waals surface area contributed by atoms with Crippen molar-refractivity contribution in [3.05, 3.63) is 0 Å². The maximum atomic E-state index is 6.19. The van der Waals surface area contributed by atoms with Crippen molar-refractivity contribution < 1.29 is 18.6 Å². The molecule has 1 saturated heterocycles. The van der Waals surface area contributed by atoms with E-state index in [4.69, 9.17) is 18.6 Å². The number of rotatable bonds is 8. The molecule has 0 radical (unpaired) electrons. The zero-order valence-electron chi connectivity index (χ0n) is 13.6. The number of hydrogen-bond donors (Lipinski definition) is 0. The average molecular weight is 302 g/mol. The summed E-state index contributed by atoms with van der Waals surface area (Å²) in [5.41, 5.74) is 0.591. The Hall–Kier alpha value is 0.0569. The van der Waals surface area contributed by atoms with Crippen LogP contribution in [-0.2, 0) is 18.6 Å². The van der Waals surface area contributed by atoms with Gasteiger partial charge >= 0.3 is 0 Å². The van der Waals surface area contributed by atoms with Crippen molar-refractivity contribution in [2.45, 2.75) is 76.2 Å². The summed E-state index contributed by atoms with van der Waals surface area (Å²) in [7, 11) is 1.94. The average Bonchev–Trinajstić information content (AvgIpc) is 3.21. The molecule has 1 aliphatic carbocycles. The van der Waals surface area contributed by atoms with E-state index in [1.54, 1.807) is 14.2 Å². The first-order valence-electron chi connectivity index (χ1n) is 7.91. The molecule has 0 N–H and O–H groups in total. The SMILES string of the molecule is COC(C)(OC)O[SiH](CCC1CCC2OC2C1)C(C)C. The maximum absolute atomic E-state index is 6.19. The third-order valence-electron chi connectivity index (χ3n) is 4.82. The summed E-state index contributed by atoms with van der Waals surface area (Å²) in [6.45, 7) is 6.37. The quantitative estimate of drug-likeness (QED) is 0.392. The van der Waals surface area contributed by atoms with Crippen LogP contribution in [-0.4, -0.2) is 41.4 Å². The van der Waals surface area contributed by atoms with Crippen LogP contribution in [0.1, 0.15) is 46.5 Å². The fraction of sp³-hybridized carbons (Fsp3) is 1.00. The van der Waals surface area contributed by atoms with Crippen LogP contribution in [0, 0.1) is 5.92 Å². The molecule has 2 fully saturated rings. The third-order valence-corrected chi connectivity index (χ3v) is 7.94. The van der Waals surface area contributed by atoms with Gasteiger partial charge in [0.2, 0.25) is 0 Å². The van der Waals surface area contributed by atoms with Crippen LogP contribution in [0.3, 0.4) is 0 Å². The lowest BCUT2D eigenvalue weighted by Gasteiger charge is -2.33. The number of hydrogen-bond acceptors (Lipinski definition) is 4. The van der Waals surface area contributed by atoms with E-state index in [1.165, 1.54) is 31.7 Å². The minimum Gasteiger partial charge on any atom is -0.372 e. The van der Waals surface area contributed by atoms with Gasteiger partial charge in [-0.1, -0.05) is 20.3 Å². The van der Waals surface area contributed by atoms with Crippen molar-refractivity contribution >= 4 is 9.04 Å². The molecule has 1 heterocycles. The lowest BCUT2D eigenvalue weighted by molar-refractivity contribution is -0.313. The Kier molecular flexibility index (Phi) is 5.65. The molecule has 4 atom stereocenters. The number of fused-ring (bicyclic) bond motifs is 1. The van der Waals surface area contributed by atoms with Gasteiger partial charge in [-0.05, 0) is 36.8 Å². The summed E-state index contributed by atoms with van der Waals surface area (Å²) < 4.78 is 22.5. The summed E-state index contributed by atoms with van der Waals surface area (Å²) in [4.78, 5) is 0. The monoisotopic (exact) mass is 302 g/mol. The molecule has 4 unspecified atom stereocenters. The molecule has 0 bridgehead atoms. The second-order valence-electron chi connectivity index (χ2n) is 6.64. The third kappa shape index (κ3) is 4.27. The van der Waals surface area contributed by atoms with E-state index in [2.05, 4.69) is 13.8 Å².